The summed E-state index contributed by atoms with van der Waals surface area (Å²) in [6.07, 6.45) is 12.7. The second-order valence-corrected chi connectivity index (χ2v) is 21.5. The molecule has 0 bridgehead atoms. The molecule has 0 spiro atoms. The Hall–Kier alpha value is 0.296. The first-order valence-corrected chi connectivity index (χ1v) is 17.8. The predicted molar refractivity (Wildman–Crippen MR) is 138 cm³/mol. The van der Waals surface area contributed by atoms with Gasteiger partial charge in [-0.15, -0.1) is 0 Å². The molecule has 2 radical (unpaired) electrons. The Bertz CT molecular complexity index is 517. The summed E-state index contributed by atoms with van der Waals surface area (Å²) in [7, 11) is -1.56. The molecule has 1 nitrogen and oxygen atoms in total. The Labute approximate surface area is 194 Å². The normalized spacial score (nSPS) is 13.2. The van der Waals surface area contributed by atoms with Gasteiger partial charge in [0, 0.05) is 0 Å². The first-order chi connectivity index (χ1) is 13.7. The summed E-state index contributed by atoms with van der Waals surface area (Å²) >= 11 is -0.660. The van der Waals surface area contributed by atoms with E-state index in [0.29, 0.717) is 3.43 Å². The Morgan fingerprint density at radius 1 is 0.759 bits per heavy atom. The van der Waals surface area contributed by atoms with Gasteiger partial charge in [-0.2, -0.15) is 0 Å². The van der Waals surface area contributed by atoms with E-state index in [4.69, 9.17) is 0 Å². The fourth-order valence-corrected chi connectivity index (χ4v) is 18.2. The van der Waals surface area contributed by atoms with Crippen LogP contribution in [-0.4, -0.2) is 34.2 Å². The Kier molecular flexibility index (Phi) is 12.2. The average Bonchev–Trinajstić information content (AvgIpc) is 3.10. The van der Waals surface area contributed by atoms with Gasteiger partial charge < -0.3 is 0 Å². The SMILES string of the molecule is CCCC[C](CCCC)(CCCC)[Sn][c]1ccc([Si](C(C)C)(C(C)C)C(C)C)[nH]1. The van der Waals surface area contributed by atoms with Crippen molar-refractivity contribution in [2.75, 3.05) is 0 Å². The van der Waals surface area contributed by atoms with Crippen LogP contribution in [0.3, 0.4) is 0 Å². The molecule has 0 atom stereocenters. The van der Waals surface area contributed by atoms with Crippen LogP contribution in [0.2, 0.25) is 20.1 Å². The molecular weight excluding hydrogens is 473 g/mol. The van der Waals surface area contributed by atoms with E-state index in [1.54, 1.807) is 9.03 Å². The van der Waals surface area contributed by atoms with Gasteiger partial charge in [-0.05, 0) is 0 Å². The summed E-state index contributed by atoms with van der Waals surface area (Å²) in [4.78, 5) is 4.12. The van der Waals surface area contributed by atoms with Gasteiger partial charge in [0.15, 0.2) is 0 Å². The fraction of sp³-hybridized carbons (Fsp3) is 0.846. The van der Waals surface area contributed by atoms with Crippen molar-refractivity contribution in [3.8, 4) is 0 Å². The zero-order valence-corrected chi connectivity index (χ0v) is 25.1. The van der Waals surface area contributed by atoms with Crippen molar-refractivity contribution in [2.45, 2.75) is 140 Å². The average molecular weight is 524 g/mol. The number of rotatable bonds is 15. The molecule has 0 fully saturated rings. The molecule has 0 aliphatic rings. The third kappa shape index (κ3) is 6.89. The molecule has 1 N–H and O–H groups in total. The molecule has 1 rings (SSSR count). The van der Waals surface area contributed by atoms with E-state index in [9.17, 15) is 0 Å². The summed E-state index contributed by atoms with van der Waals surface area (Å²) in [5, 5.41) is 1.66. The van der Waals surface area contributed by atoms with Crippen LogP contribution < -0.4 is 9.03 Å². The van der Waals surface area contributed by atoms with Crippen LogP contribution in [0.15, 0.2) is 12.1 Å². The fourth-order valence-electron chi connectivity index (χ4n) is 6.05. The maximum atomic E-state index is 4.12. The van der Waals surface area contributed by atoms with E-state index < -0.39 is 29.2 Å². The Morgan fingerprint density at radius 2 is 1.17 bits per heavy atom. The van der Waals surface area contributed by atoms with Gasteiger partial charge in [0.25, 0.3) is 0 Å². The quantitative estimate of drug-likeness (QED) is 0.224. The summed E-state index contributed by atoms with van der Waals surface area (Å²) in [5.74, 6) is 0. The van der Waals surface area contributed by atoms with Gasteiger partial charge in [0.05, 0.1) is 0 Å². The van der Waals surface area contributed by atoms with E-state index >= 15 is 0 Å². The van der Waals surface area contributed by atoms with E-state index in [1.807, 2.05) is 0 Å². The molecule has 0 aliphatic heterocycles. The van der Waals surface area contributed by atoms with E-state index in [-0.39, 0.29) is 0 Å². The molecule has 0 amide bonds. The molecule has 168 valence electrons. The molecule has 0 aromatic carbocycles. The summed E-state index contributed by atoms with van der Waals surface area (Å²) in [6, 6.07) is 5.07. The molecular formula is C26H51NSiSn. The van der Waals surface area contributed by atoms with Crippen molar-refractivity contribution in [1.82, 2.24) is 4.98 Å². The number of aromatic nitrogens is 1. The number of hydrogen-bond donors (Lipinski definition) is 1. The van der Waals surface area contributed by atoms with Gasteiger partial charge in [-0.25, -0.2) is 0 Å². The molecule has 3 heteroatoms. The van der Waals surface area contributed by atoms with Crippen molar-refractivity contribution in [1.29, 1.82) is 0 Å². The first-order valence-electron chi connectivity index (χ1n) is 12.7. The second kappa shape index (κ2) is 13.0. The molecule has 0 saturated carbocycles. The van der Waals surface area contributed by atoms with Crippen LogP contribution in [0.25, 0.3) is 0 Å². The molecule has 1 aromatic heterocycles. The van der Waals surface area contributed by atoms with Crippen LogP contribution in [0.4, 0.5) is 0 Å². The number of hydrogen-bond acceptors (Lipinski definition) is 0. The predicted octanol–water partition coefficient (Wildman–Crippen LogP) is 7.96. The van der Waals surface area contributed by atoms with Crippen molar-refractivity contribution >= 4 is 38.2 Å². The second-order valence-electron chi connectivity index (χ2n) is 10.4. The molecule has 1 heterocycles. The summed E-state index contributed by atoms with van der Waals surface area (Å²) in [5.41, 5.74) is 2.35. The summed E-state index contributed by atoms with van der Waals surface area (Å²) in [6.45, 7) is 22.0. The molecule has 0 saturated heterocycles. The van der Waals surface area contributed by atoms with Crippen LogP contribution in [0.1, 0.15) is 120 Å². The topological polar surface area (TPSA) is 15.8 Å². The third-order valence-electron chi connectivity index (χ3n) is 7.45. The summed E-state index contributed by atoms with van der Waals surface area (Å²) < 4.78 is 2.36. The maximum absolute atomic E-state index is 4.12. The molecule has 0 aliphatic carbocycles. The van der Waals surface area contributed by atoms with Gasteiger partial charge in [0.1, 0.15) is 0 Å². The van der Waals surface area contributed by atoms with Crippen LogP contribution in [0, 0.1) is 0 Å². The van der Waals surface area contributed by atoms with Gasteiger partial charge >= 0.3 is 196 Å². The van der Waals surface area contributed by atoms with Crippen LogP contribution in [0.5, 0.6) is 0 Å². The van der Waals surface area contributed by atoms with E-state index in [2.05, 4.69) is 79.4 Å². The molecule has 29 heavy (non-hydrogen) atoms. The number of H-pyrrole nitrogens is 1. The molecule has 0 unspecified atom stereocenters. The van der Waals surface area contributed by atoms with Crippen molar-refractivity contribution in [2.24, 2.45) is 0 Å². The monoisotopic (exact) mass is 525 g/mol. The van der Waals surface area contributed by atoms with Crippen molar-refractivity contribution in [3.63, 3.8) is 0 Å². The van der Waals surface area contributed by atoms with E-state index in [1.165, 1.54) is 57.8 Å². The van der Waals surface area contributed by atoms with Crippen molar-refractivity contribution < 1.29 is 0 Å². The van der Waals surface area contributed by atoms with Crippen molar-refractivity contribution in [3.05, 3.63) is 12.1 Å². The van der Waals surface area contributed by atoms with E-state index in [0.717, 1.165) is 16.6 Å². The van der Waals surface area contributed by atoms with Crippen LogP contribution >= 0.6 is 0 Å². The Morgan fingerprint density at radius 3 is 1.52 bits per heavy atom. The standard InChI is InChI=1S/C13H24NSi.C13H27.Sn/c1-10(2)15(11(3)4,12(5)6)13-8-7-9-14-13;1-4-7-10-13(11-8-5-2)12-9-6-3;/h7-8,10-12,14H,1-6H3;4-12H2,1-3H3;. The van der Waals surface area contributed by atoms with Gasteiger partial charge in [0.2, 0.25) is 0 Å². The number of aromatic amines is 1. The third-order valence-corrected chi connectivity index (χ3v) is 19.7. The Balaban J connectivity index is 3.25. The van der Waals surface area contributed by atoms with Gasteiger partial charge in [-0.3, -0.25) is 0 Å². The number of unbranched alkanes of at least 4 members (excludes halogenated alkanes) is 3. The molecule has 1 aromatic rings. The zero-order chi connectivity index (χ0) is 22.1. The number of nitrogens with one attached hydrogen (secondary N) is 1. The minimum atomic E-state index is -1.56. The zero-order valence-electron chi connectivity index (χ0n) is 21.3. The minimum absolute atomic E-state index is 0.660. The van der Waals surface area contributed by atoms with Crippen LogP contribution in [-0.2, 0) is 0 Å². The first kappa shape index (κ1) is 27.3. The van der Waals surface area contributed by atoms with Gasteiger partial charge in [-0.1, -0.05) is 0 Å².